The molecule has 24 heavy (non-hydrogen) atoms. The molecule has 124 valence electrons. The number of aryl methyl sites for hydroxylation is 1. The minimum absolute atomic E-state index is 0.0530. The first-order valence-corrected chi connectivity index (χ1v) is 8.25. The smallest absolute Gasteiger partial charge is 0.265 e. The molecule has 1 fully saturated rings. The Bertz CT molecular complexity index is 896. The fourth-order valence-corrected chi connectivity index (χ4v) is 3.31. The Morgan fingerprint density at radius 1 is 1.46 bits per heavy atom. The van der Waals surface area contributed by atoms with Crippen molar-refractivity contribution in [2.24, 2.45) is 0 Å². The zero-order valence-electron chi connectivity index (χ0n) is 12.8. The molecule has 1 unspecified atom stereocenters. The van der Waals surface area contributed by atoms with E-state index in [1.165, 1.54) is 17.7 Å². The molecule has 8 nitrogen and oxygen atoms in total. The van der Waals surface area contributed by atoms with Gasteiger partial charge in [-0.25, -0.2) is 14.4 Å². The van der Waals surface area contributed by atoms with E-state index in [9.17, 15) is 4.79 Å². The summed E-state index contributed by atoms with van der Waals surface area (Å²) < 4.78 is 16.7. The highest BCUT2D eigenvalue weighted by molar-refractivity contribution is 7.13. The lowest BCUT2D eigenvalue weighted by atomic mass is 10.1. The lowest BCUT2D eigenvalue weighted by Gasteiger charge is -2.21. The fraction of sp³-hybridized carbons (Fsp3) is 0.357. The second kappa shape index (κ2) is 5.48. The number of carbonyl (C=O) groups is 1. The Balaban J connectivity index is 1.59. The van der Waals surface area contributed by atoms with E-state index in [0.29, 0.717) is 23.3 Å². The van der Waals surface area contributed by atoms with Gasteiger partial charge in [0.2, 0.25) is 5.67 Å². The first-order valence-electron chi connectivity index (χ1n) is 7.37. The van der Waals surface area contributed by atoms with Crippen molar-refractivity contribution in [3.05, 3.63) is 29.7 Å². The van der Waals surface area contributed by atoms with Gasteiger partial charge in [-0.3, -0.25) is 10.1 Å². The molecule has 10 heteroatoms. The molecule has 1 atom stereocenters. The van der Waals surface area contributed by atoms with Crippen LogP contribution in [0.2, 0.25) is 0 Å². The van der Waals surface area contributed by atoms with E-state index in [1.807, 2.05) is 13.0 Å². The van der Waals surface area contributed by atoms with Crippen LogP contribution in [-0.4, -0.2) is 49.2 Å². The van der Waals surface area contributed by atoms with E-state index in [2.05, 4.69) is 25.4 Å². The van der Waals surface area contributed by atoms with Gasteiger partial charge in [0, 0.05) is 36.3 Å². The maximum Gasteiger partial charge on any atom is 0.265 e. The van der Waals surface area contributed by atoms with E-state index in [4.69, 9.17) is 0 Å². The lowest BCUT2D eigenvalue weighted by molar-refractivity contribution is -0.126. The minimum Gasteiger partial charge on any atom is -0.352 e. The summed E-state index contributed by atoms with van der Waals surface area (Å²) in [5, 5.41) is 8.79. The Hall–Kier alpha value is -2.62. The van der Waals surface area contributed by atoms with Crippen LogP contribution in [0.1, 0.15) is 12.1 Å². The van der Waals surface area contributed by atoms with Crippen molar-refractivity contribution in [2.75, 3.05) is 23.3 Å². The highest BCUT2D eigenvalue weighted by Crippen LogP contribution is 2.31. The molecule has 0 saturated carbocycles. The molecule has 4 heterocycles. The summed E-state index contributed by atoms with van der Waals surface area (Å²) in [7, 11) is 0. The van der Waals surface area contributed by atoms with E-state index in [0.717, 1.165) is 5.69 Å². The molecule has 4 rings (SSSR count). The van der Waals surface area contributed by atoms with Gasteiger partial charge in [-0.1, -0.05) is 0 Å². The summed E-state index contributed by atoms with van der Waals surface area (Å²) in [6.45, 7) is 2.19. The first-order chi connectivity index (χ1) is 11.5. The van der Waals surface area contributed by atoms with E-state index in [1.54, 1.807) is 21.0 Å². The van der Waals surface area contributed by atoms with Crippen LogP contribution in [0.4, 0.5) is 15.3 Å². The molecule has 1 saturated heterocycles. The predicted octanol–water partition coefficient (Wildman–Crippen LogP) is 1.45. The van der Waals surface area contributed by atoms with Crippen molar-refractivity contribution in [3.8, 4) is 0 Å². The van der Waals surface area contributed by atoms with E-state index >= 15 is 4.39 Å². The number of nitrogens with one attached hydrogen (secondary N) is 1. The zero-order chi connectivity index (χ0) is 16.7. The second-order valence-corrected chi connectivity index (χ2v) is 6.55. The number of aromatic nitrogens is 5. The SMILES string of the molecule is Cc1cc(N2CCC(F)(C(=O)Nc3nccs3)C2)n2ncnc2n1. The predicted molar refractivity (Wildman–Crippen MR) is 86.9 cm³/mol. The number of halogens is 1. The van der Waals surface area contributed by atoms with Gasteiger partial charge in [-0.05, 0) is 6.92 Å². The van der Waals surface area contributed by atoms with E-state index in [-0.39, 0.29) is 13.0 Å². The van der Waals surface area contributed by atoms with Crippen molar-refractivity contribution >= 4 is 34.0 Å². The highest BCUT2D eigenvalue weighted by Gasteiger charge is 2.46. The van der Waals surface area contributed by atoms with Crippen LogP contribution < -0.4 is 10.2 Å². The number of thiazole rings is 1. The molecule has 0 aromatic carbocycles. The number of hydrogen-bond acceptors (Lipinski definition) is 7. The summed E-state index contributed by atoms with van der Waals surface area (Å²) >= 11 is 1.26. The molecule has 1 aliphatic rings. The molecule has 0 spiro atoms. The van der Waals surface area contributed by atoms with Crippen LogP contribution in [0.5, 0.6) is 0 Å². The van der Waals surface area contributed by atoms with Gasteiger partial charge in [0.05, 0.1) is 6.54 Å². The number of alkyl halides is 1. The Morgan fingerprint density at radius 3 is 3.12 bits per heavy atom. The van der Waals surface area contributed by atoms with Gasteiger partial charge >= 0.3 is 0 Å². The van der Waals surface area contributed by atoms with Crippen molar-refractivity contribution in [2.45, 2.75) is 19.0 Å². The van der Waals surface area contributed by atoms with Crippen molar-refractivity contribution in [1.82, 2.24) is 24.6 Å². The van der Waals surface area contributed by atoms with Crippen molar-refractivity contribution in [1.29, 1.82) is 0 Å². The Labute approximate surface area is 140 Å². The third-order valence-corrected chi connectivity index (χ3v) is 4.65. The molecule has 1 amide bonds. The molecule has 3 aromatic heterocycles. The van der Waals surface area contributed by atoms with Crippen LogP contribution in [0.25, 0.3) is 5.78 Å². The van der Waals surface area contributed by atoms with Crippen LogP contribution >= 0.6 is 11.3 Å². The third-order valence-electron chi connectivity index (χ3n) is 3.96. The number of hydrogen-bond donors (Lipinski definition) is 1. The summed E-state index contributed by atoms with van der Waals surface area (Å²) in [5.41, 5.74) is -1.22. The third kappa shape index (κ3) is 2.48. The van der Waals surface area contributed by atoms with Crippen molar-refractivity contribution < 1.29 is 9.18 Å². The normalized spacial score (nSPS) is 20.7. The first kappa shape index (κ1) is 14.9. The molecule has 0 aliphatic carbocycles. The van der Waals surface area contributed by atoms with Gasteiger partial charge in [0.25, 0.3) is 11.7 Å². The Morgan fingerprint density at radius 2 is 2.33 bits per heavy atom. The molecular weight excluding hydrogens is 333 g/mol. The largest absolute Gasteiger partial charge is 0.352 e. The number of fused-ring (bicyclic) bond motifs is 1. The quantitative estimate of drug-likeness (QED) is 0.771. The fourth-order valence-electron chi connectivity index (χ4n) is 2.78. The Kier molecular flexibility index (Phi) is 3.41. The average molecular weight is 347 g/mol. The number of anilines is 2. The van der Waals surface area contributed by atoms with Crippen LogP contribution in [-0.2, 0) is 4.79 Å². The molecule has 0 bridgehead atoms. The molecule has 0 radical (unpaired) electrons. The maximum absolute atomic E-state index is 15.1. The summed E-state index contributed by atoms with van der Waals surface area (Å²) in [5.74, 6) is 0.464. The van der Waals surface area contributed by atoms with Gasteiger partial charge in [-0.15, -0.1) is 11.3 Å². The van der Waals surface area contributed by atoms with Crippen molar-refractivity contribution in [3.63, 3.8) is 0 Å². The summed E-state index contributed by atoms with van der Waals surface area (Å²) in [6.07, 6.45) is 3.06. The minimum atomic E-state index is -1.98. The number of rotatable bonds is 3. The molecular formula is C14H14FN7OS. The van der Waals surface area contributed by atoms with Crippen LogP contribution in [0.15, 0.2) is 24.0 Å². The van der Waals surface area contributed by atoms with Crippen LogP contribution in [0.3, 0.4) is 0 Å². The summed E-state index contributed by atoms with van der Waals surface area (Å²) in [6, 6.07) is 1.81. The zero-order valence-corrected chi connectivity index (χ0v) is 13.6. The number of carbonyl (C=O) groups excluding carboxylic acids is 1. The lowest BCUT2D eigenvalue weighted by Crippen LogP contribution is -2.41. The topological polar surface area (TPSA) is 88.3 Å². The van der Waals surface area contributed by atoms with Gasteiger partial charge in [-0.2, -0.15) is 14.6 Å². The van der Waals surface area contributed by atoms with Gasteiger partial charge < -0.3 is 4.90 Å². The molecule has 1 N–H and O–H groups in total. The molecule has 1 aliphatic heterocycles. The van der Waals surface area contributed by atoms with Crippen LogP contribution in [0, 0.1) is 6.92 Å². The number of nitrogens with zero attached hydrogens (tertiary/aromatic N) is 6. The average Bonchev–Trinajstić information content (AvgIpc) is 3.27. The highest BCUT2D eigenvalue weighted by atomic mass is 32.1. The monoisotopic (exact) mass is 347 g/mol. The van der Waals surface area contributed by atoms with Gasteiger partial charge in [0.1, 0.15) is 12.1 Å². The molecule has 3 aromatic rings. The second-order valence-electron chi connectivity index (χ2n) is 5.66. The maximum atomic E-state index is 15.1. The standard InChI is InChI=1S/C14H14FN7OS/c1-9-6-10(22-12(19-9)17-8-18-22)21-4-2-14(15,7-21)11(23)20-13-16-3-5-24-13/h3,5-6,8H,2,4,7H2,1H3,(H,16,20,23). The van der Waals surface area contributed by atoms with Gasteiger partial charge in [0.15, 0.2) is 5.13 Å². The summed E-state index contributed by atoms with van der Waals surface area (Å²) in [4.78, 5) is 26.4. The number of amides is 1. The van der Waals surface area contributed by atoms with E-state index < -0.39 is 11.6 Å².